The van der Waals surface area contributed by atoms with Gasteiger partial charge in [0.05, 0.1) is 34.3 Å². The Morgan fingerprint density at radius 3 is 2.40 bits per heavy atom. The van der Waals surface area contributed by atoms with Gasteiger partial charge in [0, 0.05) is 16.5 Å². The number of amides is 2. The second-order valence-corrected chi connectivity index (χ2v) is 10.2. The summed E-state index contributed by atoms with van der Waals surface area (Å²) in [5.74, 6) is -1.89. The highest BCUT2D eigenvalue weighted by atomic mass is 16.5. The van der Waals surface area contributed by atoms with Gasteiger partial charge in [0.2, 0.25) is 11.8 Å². The molecule has 0 saturated carbocycles. The van der Waals surface area contributed by atoms with Crippen molar-refractivity contribution in [3.05, 3.63) is 108 Å². The van der Waals surface area contributed by atoms with E-state index in [2.05, 4.69) is 0 Å². The molecule has 1 aliphatic heterocycles. The Morgan fingerprint density at radius 1 is 0.925 bits per heavy atom. The number of hydrogen-bond acceptors (Lipinski definition) is 6. The van der Waals surface area contributed by atoms with E-state index >= 15 is 0 Å². The lowest BCUT2D eigenvalue weighted by molar-refractivity contribution is -0.122. The van der Waals surface area contributed by atoms with Gasteiger partial charge < -0.3 is 4.74 Å². The molecule has 0 bridgehead atoms. The summed E-state index contributed by atoms with van der Waals surface area (Å²) in [6.07, 6.45) is 4.56. The summed E-state index contributed by atoms with van der Waals surface area (Å²) in [6.45, 7) is 1.59. The second kappa shape index (κ2) is 10.3. The fourth-order valence-corrected chi connectivity index (χ4v) is 5.59. The van der Waals surface area contributed by atoms with E-state index in [0.717, 1.165) is 0 Å². The highest BCUT2D eigenvalue weighted by Gasteiger charge is 2.50. The lowest BCUT2D eigenvalue weighted by atomic mass is 9.78. The zero-order chi connectivity index (χ0) is 27.8. The molecule has 1 fully saturated rings. The molecular weight excluding hydrogens is 504 g/mol. The topological polar surface area (TPSA) is 93.6 Å². The predicted octanol–water partition coefficient (Wildman–Crippen LogP) is 5.64. The van der Waals surface area contributed by atoms with Crippen LogP contribution in [0.3, 0.4) is 0 Å². The van der Waals surface area contributed by atoms with E-state index in [1.165, 1.54) is 4.90 Å². The van der Waals surface area contributed by atoms with Crippen LogP contribution in [0.4, 0.5) is 5.69 Å². The van der Waals surface area contributed by atoms with E-state index in [1.54, 1.807) is 66.7 Å². The monoisotopic (exact) mass is 530 g/mol. The number of anilines is 1. The molecule has 4 aromatic rings. The number of ether oxygens (including phenoxy) is 1. The largest absolute Gasteiger partial charge is 0.454 e. The van der Waals surface area contributed by atoms with Crippen LogP contribution >= 0.6 is 0 Å². The van der Waals surface area contributed by atoms with Crippen molar-refractivity contribution >= 4 is 40.2 Å². The normalized spacial score (nSPS) is 20.0. The molecule has 1 saturated heterocycles. The lowest BCUT2D eigenvalue weighted by Gasteiger charge is -2.22. The number of para-hydroxylation sites is 1. The Labute approximate surface area is 231 Å². The minimum Gasteiger partial charge on any atom is -0.454 e. The zero-order valence-corrected chi connectivity index (χ0v) is 21.8. The van der Waals surface area contributed by atoms with E-state index in [9.17, 15) is 19.2 Å². The molecule has 1 aromatic heterocycles. The average Bonchev–Trinajstić information content (AvgIpc) is 3.25. The molecule has 2 amide bonds. The quantitative estimate of drug-likeness (QED) is 0.139. The first-order chi connectivity index (χ1) is 19.4. The van der Waals surface area contributed by atoms with Gasteiger partial charge in [-0.05, 0) is 36.6 Å². The van der Waals surface area contributed by atoms with Gasteiger partial charge in [-0.2, -0.15) is 0 Å². The number of fused-ring (bicyclic) bond motifs is 2. The van der Waals surface area contributed by atoms with Gasteiger partial charge in [0.1, 0.15) is 0 Å². The van der Waals surface area contributed by atoms with Crippen LogP contribution in [0.1, 0.15) is 34.1 Å². The van der Waals surface area contributed by atoms with Gasteiger partial charge in [0.25, 0.3) is 0 Å². The minimum absolute atomic E-state index is 0.0161. The van der Waals surface area contributed by atoms with Crippen molar-refractivity contribution in [1.82, 2.24) is 4.98 Å². The number of hydrogen-bond donors (Lipinski definition) is 0. The third kappa shape index (κ3) is 4.49. The minimum atomic E-state index is -0.626. The molecule has 0 N–H and O–H groups in total. The molecule has 3 aromatic carbocycles. The fraction of sp³-hybridized carbons (Fsp3) is 0.182. The first kappa shape index (κ1) is 25.4. The summed E-state index contributed by atoms with van der Waals surface area (Å²) >= 11 is 0. The number of pyridine rings is 1. The maximum Gasteiger partial charge on any atom is 0.339 e. The Bertz CT molecular complexity index is 1680. The maximum absolute atomic E-state index is 13.2. The van der Waals surface area contributed by atoms with Crippen molar-refractivity contribution in [2.75, 3.05) is 11.5 Å². The molecule has 1 aliphatic carbocycles. The molecule has 0 radical (unpaired) electrons. The number of ketones is 1. The molecule has 2 aliphatic rings. The highest BCUT2D eigenvalue weighted by Crippen LogP contribution is 2.40. The van der Waals surface area contributed by atoms with Gasteiger partial charge in [-0.25, -0.2) is 9.78 Å². The Morgan fingerprint density at radius 2 is 1.65 bits per heavy atom. The van der Waals surface area contributed by atoms with Crippen LogP contribution in [0, 0.1) is 17.8 Å². The number of esters is 1. The van der Waals surface area contributed by atoms with Gasteiger partial charge >= 0.3 is 5.97 Å². The van der Waals surface area contributed by atoms with Gasteiger partial charge in [-0.3, -0.25) is 19.3 Å². The molecule has 7 heteroatoms. The summed E-state index contributed by atoms with van der Waals surface area (Å²) in [6, 6.07) is 24.6. The summed E-state index contributed by atoms with van der Waals surface area (Å²) in [7, 11) is 0. The van der Waals surface area contributed by atoms with E-state index in [4.69, 9.17) is 9.72 Å². The molecule has 7 nitrogen and oxygen atoms in total. The molecule has 6 rings (SSSR count). The number of carbonyl (C=O) groups is 4. The predicted molar refractivity (Wildman–Crippen MR) is 151 cm³/mol. The van der Waals surface area contributed by atoms with Crippen molar-refractivity contribution in [2.45, 2.75) is 13.3 Å². The maximum atomic E-state index is 13.2. The molecule has 198 valence electrons. The van der Waals surface area contributed by atoms with Gasteiger partial charge in [0.15, 0.2) is 12.4 Å². The summed E-state index contributed by atoms with van der Waals surface area (Å²) < 4.78 is 5.41. The standard InChI is InChI=1S/C33H26N2O5/c1-20-8-7-12-25-30(20)32(38)35(31(25)37)23-16-14-21(15-17-23)28-18-26(24-11-5-6-13-27(24)34-28)33(39)40-19-29(36)22-9-3-2-4-10-22/h2-11,13-18,20,25,30H,12,19H2,1H3. The summed E-state index contributed by atoms with van der Waals surface area (Å²) in [5.41, 5.74) is 3.10. The number of Topliss-reactive ketones (excluding diaryl/α,β-unsaturated/α-hetero) is 1. The average molecular weight is 531 g/mol. The second-order valence-electron chi connectivity index (χ2n) is 10.2. The first-order valence-corrected chi connectivity index (χ1v) is 13.2. The van der Waals surface area contributed by atoms with E-state index in [1.807, 2.05) is 37.3 Å². The van der Waals surface area contributed by atoms with Crippen LogP contribution in [0.2, 0.25) is 0 Å². The van der Waals surface area contributed by atoms with Gasteiger partial charge in [-0.1, -0.05) is 79.7 Å². The van der Waals surface area contributed by atoms with Crippen LogP contribution in [0.15, 0.2) is 97.1 Å². The number of rotatable bonds is 6. The number of benzene rings is 3. The molecule has 2 heterocycles. The summed E-state index contributed by atoms with van der Waals surface area (Å²) in [5, 5.41) is 0.610. The number of allylic oxidation sites excluding steroid dienone is 2. The Hall–Kier alpha value is -4.91. The number of nitrogens with zero attached hydrogens (tertiary/aromatic N) is 2. The van der Waals surface area contributed by atoms with Crippen molar-refractivity contribution in [2.24, 2.45) is 17.8 Å². The third-order valence-electron chi connectivity index (χ3n) is 7.66. The molecule has 3 atom stereocenters. The first-order valence-electron chi connectivity index (χ1n) is 13.2. The van der Waals surface area contributed by atoms with Gasteiger partial charge in [-0.15, -0.1) is 0 Å². The highest BCUT2D eigenvalue weighted by molar-refractivity contribution is 6.22. The Kier molecular flexibility index (Phi) is 6.56. The molecular formula is C33H26N2O5. The number of carbonyl (C=O) groups excluding carboxylic acids is 4. The van der Waals surface area contributed by atoms with Crippen LogP contribution < -0.4 is 4.90 Å². The molecule has 40 heavy (non-hydrogen) atoms. The third-order valence-corrected chi connectivity index (χ3v) is 7.66. The molecule has 3 unspecified atom stereocenters. The smallest absolute Gasteiger partial charge is 0.339 e. The van der Waals surface area contributed by atoms with Crippen LogP contribution in [-0.2, 0) is 14.3 Å². The van der Waals surface area contributed by atoms with Crippen LogP contribution in [0.5, 0.6) is 0 Å². The van der Waals surface area contributed by atoms with E-state index in [-0.39, 0.29) is 42.0 Å². The van der Waals surface area contributed by atoms with Crippen LogP contribution in [0.25, 0.3) is 22.2 Å². The van der Waals surface area contributed by atoms with Crippen molar-refractivity contribution in [3.8, 4) is 11.3 Å². The summed E-state index contributed by atoms with van der Waals surface area (Å²) in [4.78, 5) is 57.9. The van der Waals surface area contributed by atoms with Crippen molar-refractivity contribution < 1.29 is 23.9 Å². The zero-order valence-electron chi connectivity index (χ0n) is 21.8. The lowest BCUT2D eigenvalue weighted by Crippen LogP contribution is -2.31. The van der Waals surface area contributed by atoms with E-state index in [0.29, 0.717) is 45.4 Å². The van der Waals surface area contributed by atoms with E-state index < -0.39 is 5.97 Å². The Balaban J connectivity index is 1.27. The number of imide groups is 1. The van der Waals surface area contributed by atoms with Crippen LogP contribution in [-0.4, -0.2) is 35.2 Å². The molecule has 0 spiro atoms. The SMILES string of the molecule is CC1C=CCC2C(=O)N(c3ccc(-c4cc(C(=O)OCC(=O)c5ccccc5)c5ccccc5n4)cc3)C(=O)C12. The fourth-order valence-electron chi connectivity index (χ4n) is 5.59. The van der Waals surface area contributed by atoms with Crippen molar-refractivity contribution in [3.63, 3.8) is 0 Å². The number of aromatic nitrogens is 1. The van der Waals surface area contributed by atoms with Crippen molar-refractivity contribution in [1.29, 1.82) is 0 Å².